The molecule has 0 saturated carbocycles. The number of thiazole rings is 1. The van der Waals surface area contributed by atoms with E-state index in [-0.39, 0.29) is 6.04 Å². The maximum absolute atomic E-state index is 4.60. The fraction of sp³-hybridized carbons (Fsp3) is 0.538. The SMILES string of the molecule is Cc1nc(C(C)NC(C)Cn2ccnc2)c(C)s1. The highest BCUT2D eigenvalue weighted by atomic mass is 32.1. The Bertz CT molecular complexity index is 489. The van der Waals surface area contributed by atoms with Crippen molar-refractivity contribution < 1.29 is 0 Å². The number of nitrogens with zero attached hydrogens (tertiary/aromatic N) is 3. The minimum Gasteiger partial charge on any atom is -0.336 e. The van der Waals surface area contributed by atoms with Crippen LogP contribution in [0, 0.1) is 13.8 Å². The largest absolute Gasteiger partial charge is 0.336 e. The van der Waals surface area contributed by atoms with Gasteiger partial charge in [0.2, 0.25) is 0 Å². The third-order valence-electron chi connectivity index (χ3n) is 2.93. The highest BCUT2D eigenvalue weighted by Gasteiger charge is 2.15. The Labute approximate surface area is 112 Å². The predicted molar refractivity (Wildman–Crippen MR) is 74.8 cm³/mol. The van der Waals surface area contributed by atoms with Crippen LogP contribution in [-0.4, -0.2) is 20.6 Å². The zero-order valence-electron chi connectivity index (χ0n) is 11.3. The van der Waals surface area contributed by atoms with Gasteiger partial charge >= 0.3 is 0 Å². The number of nitrogens with one attached hydrogen (secondary N) is 1. The van der Waals surface area contributed by atoms with E-state index in [1.807, 2.05) is 18.7 Å². The van der Waals surface area contributed by atoms with Crippen LogP contribution in [0.2, 0.25) is 0 Å². The molecule has 0 bridgehead atoms. The molecule has 0 aliphatic carbocycles. The number of aromatic nitrogens is 3. The molecule has 2 atom stereocenters. The van der Waals surface area contributed by atoms with Gasteiger partial charge in [-0.25, -0.2) is 9.97 Å². The first-order chi connectivity index (χ1) is 8.56. The highest BCUT2D eigenvalue weighted by molar-refractivity contribution is 7.11. The Hall–Kier alpha value is -1.20. The fourth-order valence-corrected chi connectivity index (χ4v) is 3.13. The van der Waals surface area contributed by atoms with Crippen LogP contribution in [0.3, 0.4) is 0 Å². The topological polar surface area (TPSA) is 42.7 Å². The summed E-state index contributed by atoms with van der Waals surface area (Å²) in [6.45, 7) is 9.48. The van der Waals surface area contributed by atoms with E-state index in [0.29, 0.717) is 6.04 Å². The van der Waals surface area contributed by atoms with Gasteiger partial charge in [-0.3, -0.25) is 0 Å². The predicted octanol–water partition coefficient (Wildman–Crippen LogP) is 2.70. The van der Waals surface area contributed by atoms with Crippen LogP contribution < -0.4 is 5.32 Å². The van der Waals surface area contributed by atoms with Gasteiger partial charge in [0.05, 0.1) is 17.0 Å². The monoisotopic (exact) mass is 264 g/mol. The van der Waals surface area contributed by atoms with E-state index in [1.54, 1.807) is 11.3 Å². The second kappa shape index (κ2) is 5.63. The van der Waals surface area contributed by atoms with E-state index in [1.165, 1.54) is 10.6 Å². The van der Waals surface area contributed by atoms with E-state index in [9.17, 15) is 0 Å². The van der Waals surface area contributed by atoms with Crippen LogP contribution in [0.15, 0.2) is 18.7 Å². The van der Waals surface area contributed by atoms with Crippen molar-refractivity contribution >= 4 is 11.3 Å². The van der Waals surface area contributed by atoms with Crippen molar-refractivity contribution in [1.29, 1.82) is 0 Å². The summed E-state index contributed by atoms with van der Waals surface area (Å²) in [5, 5.41) is 4.72. The Balaban J connectivity index is 1.94. The number of rotatable bonds is 5. The van der Waals surface area contributed by atoms with Gasteiger partial charge in [0.25, 0.3) is 0 Å². The molecular weight excluding hydrogens is 244 g/mol. The average Bonchev–Trinajstić information content (AvgIpc) is 2.88. The van der Waals surface area contributed by atoms with Gasteiger partial charge in [-0.15, -0.1) is 11.3 Å². The van der Waals surface area contributed by atoms with E-state index < -0.39 is 0 Å². The van der Waals surface area contributed by atoms with E-state index in [0.717, 1.165) is 11.6 Å². The van der Waals surface area contributed by atoms with Crippen LogP contribution >= 0.6 is 11.3 Å². The summed E-state index contributed by atoms with van der Waals surface area (Å²) in [6.07, 6.45) is 5.65. The summed E-state index contributed by atoms with van der Waals surface area (Å²) in [5.41, 5.74) is 1.18. The third kappa shape index (κ3) is 3.17. The lowest BCUT2D eigenvalue weighted by atomic mass is 10.2. The Morgan fingerprint density at radius 2 is 2.17 bits per heavy atom. The van der Waals surface area contributed by atoms with Gasteiger partial charge in [0.1, 0.15) is 0 Å². The lowest BCUT2D eigenvalue weighted by Crippen LogP contribution is -2.32. The molecule has 0 amide bonds. The molecule has 0 aromatic carbocycles. The number of aryl methyl sites for hydroxylation is 2. The average molecular weight is 264 g/mol. The Morgan fingerprint density at radius 3 is 2.72 bits per heavy atom. The number of imidazole rings is 1. The fourth-order valence-electron chi connectivity index (χ4n) is 2.22. The van der Waals surface area contributed by atoms with E-state index >= 15 is 0 Å². The quantitative estimate of drug-likeness (QED) is 0.903. The highest BCUT2D eigenvalue weighted by Crippen LogP contribution is 2.22. The van der Waals surface area contributed by atoms with E-state index in [2.05, 4.69) is 47.5 Å². The maximum Gasteiger partial charge on any atom is 0.0946 e. The first-order valence-electron chi connectivity index (χ1n) is 6.22. The molecule has 0 saturated heterocycles. The van der Waals surface area contributed by atoms with Crippen LogP contribution in [0.4, 0.5) is 0 Å². The standard InChI is InChI=1S/C13H20N4S/c1-9(7-17-6-5-14-8-17)15-10(2)13-11(3)18-12(4)16-13/h5-6,8-10,15H,7H2,1-4H3. The van der Waals surface area contributed by atoms with Crippen molar-refractivity contribution in [3.63, 3.8) is 0 Å². The maximum atomic E-state index is 4.60. The summed E-state index contributed by atoms with van der Waals surface area (Å²) in [4.78, 5) is 9.96. The molecular formula is C13H20N4S. The summed E-state index contributed by atoms with van der Waals surface area (Å²) in [6, 6.07) is 0.670. The zero-order chi connectivity index (χ0) is 13.1. The lowest BCUT2D eigenvalue weighted by molar-refractivity contribution is 0.425. The molecule has 4 nitrogen and oxygen atoms in total. The molecule has 0 aliphatic rings. The van der Waals surface area contributed by atoms with E-state index in [4.69, 9.17) is 0 Å². The van der Waals surface area contributed by atoms with Gasteiger partial charge < -0.3 is 9.88 Å². The van der Waals surface area contributed by atoms with Crippen LogP contribution in [0.5, 0.6) is 0 Å². The van der Waals surface area contributed by atoms with Crippen molar-refractivity contribution in [1.82, 2.24) is 19.9 Å². The Kier molecular flexibility index (Phi) is 4.14. The summed E-state index contributed by atoms with van der Waals surface area (Å²) in [7, 11) is 0. The van der Waals surface area contributed by atoms with Gasteiger partial charge in [0.15, 0.2) is 0 Å². The molecule has 1 N–H and O–H groups in total. The van der Waals surface area contributed by atoms with Crippen molar-refractivity contribution in [2.45, 2.75) is 46.3 Å². The first-order valence-corrected chi connectivity index (χ1v) is 7.03. The molecule has 2 rings (SSSR count). The second-order valence-electron chi connectivity index (χ2n) is 4.72. The number of hydrogen-bond acceptors (Lipinski definition) is 4. The molecule has 0 aliphatic heterocycles. The minimum absolute atomic E-state index is 0.286. The zero-order valence-corrected chi connectivity index (χ0v) is 12.2. The van der Waals surface area contributed by atoms with Gasteiger partial charge in [-0.2, -0.15) is 0 Å². The molecule has 2 heterocycles. The van der Waals surface area contributed by atoms with Gasteiger partial charge in [0, 0.05) is 35.9 Å². The molecule has 0 radical (unpaired) electrons. The molecule has 0 fully saturated rings. The molecule has 18 heavy (non-hydrogen) atoms. The molecule has 0 spiro atoms. The minimum atomic E-state index is 0.286. The second-order valence-corrected chi connectivity index (χ2v) is 6.13. The lowest BCUT2D eigenvalue weighted by Gasteiger charge is -2.19. The Morgan fingerprint density at radius 1 is 1.39 bits per heavy atom. The van der Waals surface area contributed by atoms with Crippen molar-refractivity contribution in [2.75, 3.05) is 0 Å². The smallest absolute Gasteiger partial charge is 0.0946 e. The molecule has 2 aromatic heterocycles. The number of hydrogen-bond donors (Lipinski definition) is 1. The van der Waals surface area contributed by atoms with Gasteiger partial charge in [-0.05, 0) is 27.7 Å². The molecule has 2 unspecified atom stereocenters. The first kappa shape index (κ1) is 13.2. The van der Waals surface area contributed by atoms with Crippen LogP contribution in [0.1, 0.15) is 35.5 Å². The van der Waals surface area contributed by atoms with Crippen molar-refractivity contribution in [3.8, 4) is 0 Å². The van der Waals surface area contributed by atoms with Crippen LogP contribution in [-0.2, 0) is 6.54 Å². The molecule has 2 aromatic rings. The summed E-state index contributed by atoms with van der Waals surface area (Å²) < 4.78 is 2.09. The van der Waals surface area contributed by atoms with Crippen LogP contribution in [0.25, 0.3) is 0 Å². The van der Waals surface area contributed by atoms with Crippen molar-refractivity contribution in [3.05, 3.63) is 34.3 Å². The normalized spacial score (nSPS) is 14.7. The molecule has 5 heteroatoms. The third-order valence-corrected chi connectivity index (χ3v) is 3.83. The summed E-state index contributed by atoms with van der Waals surface area (Å²) in [5.74, 6) is 0. The van der Waals surface area contributed by atoms with Crippen molar-refractivity contribution in [2.24, 2.45) is 0 Å². The summed E-state index contributed by atoms with van der Waals surface area (Å²) >= 11 is 1.76. The molecule has 98 valence electrons. The van der Waals surface area contributed by atoms with Gasteiger partial charge in [-0.1, -0.05) is 0 Å².